The van der Waals surface area contributed by atoms with Gasteiger partial charge in [-0.05, 0) is 19.1 Å². The summed E-state index contributed by atoms with van der Waals surface area (Å²) in [5.74, 6) is 0. The van der Waals surface area contributed by atoms with Crippen LogP contribution in [-0.2, 0) is 6.54 Å². The first-order chi connectivity index (χ1) is 6.72. The zero-order valence-electron chi connectivity index (χ0n) is 7.67. The monoisotopic (exact) mass is 227 g/mol. The molecule has 0 radical (unpaired) electrons. The first kappa shape index (κ1) is 9.71. The van der Waals surface area contributed by atoms with Gasteiger partial charge in [0, 0.05) is 12.1 Å². The fourth-order valence-corrected chi connectivity index (χ4v) is 2.40. The van der Waals surface area contributed by atoms with Crippen molar-refractivity contribution in [2.45, 2.75) is 13.5 Å². The van der Waals surface area contributed by atoms with E-state index >= 15 is 0 Å². The normalized spacial score (nSPS) is 10.8. The maximum Gasteiger partial charge on any atom is 0.105 e. The fraction of sp³-hybridized carbons (Fsp3) is 0.222. The van der Waals surface area contributed by atoms with Gasteiger partial charge in [-0.1, -0.05) is 11.6 Å². The van der Waals surface area contributed by atoms with Crippen LogP contribution in [0.25, 0.3) is 10.6 Å². The van der Waals surface area contributed by atoms with Crippen LogP contribution in [0.5, 0.6) is 0 Å². The van der Waals surface area contributed by atoms with Crippen molar-refractivity contribution in [3.05, 3.63) is 27.7 Å². The molecule has 3 nitrogen and oxygen atoms in total. The van der Waals surface area contributed by atoms with Crippen molar-refractivity contribution in [2.75, 3.05) is 0 Å². The Bertz CT molecular complexity index is 447. The third-order valence-electron chi connectivity index (χ3n) is 2.12. The van der Waals surface area contributed by atoms with Crippen LogP contribution < -0.4 is 5.73 Å². The van der Waals surface area contributed by atoms with Gasteiger partial charge in [-0.3, -0.25) is 5.10 Å². The summed E-state index contributed by atoms with van der Waals surface area (Å²) in [5, 5.41) is 7.14. The van der Waals surface area contributed by atoms with Crippen molar-refractivity contribution < 1.29 is 0 Å². The molecule has 2 aromatic rings. The Balaban J connectivity index is 2.46. The Kier molecular flexibility index (Phi) is 2.58. The highest BCUT2D eigenvalue weighted by atomic mass is 35.5. The van der Waals surface area contributed by atoms with Gasteiger partial charge in [0.15, 0.2) is 0 Å². The molecule has 0 saturated carbocycles. The lowest BCUT2D eigenvalue weighted by Gasteiger charge is -1.94. The number of aromatic amines is 1. The third kappa shape index (κ3) is 1.56. The van der Waals surface area contributed by atoms with Gasteiger partial charge in [-0.15, -0.1) is 11.3 Å². The molecule has 0 atom stereocenters. The van der Waals surface area contributed by atoms with Crippen molar-refractivity contribution in [2.24, 2.45) is 5.73 Å². The summed E-state index contributed by atoms with van der Waals surface area (Å²) in [6.07, 6.45) is 0. The minimum atomic E-state index is 0.484. The van der Waals surface area contributed by atoms with Gasteiger partial charge in [-0.25, -0.2) is 0 Å². The summed E-state index contributed by atoms with van der Waals surface area (Å²) >= 11 is 7.38. The number of aromatic nitrogens is 2. The van der Waals surface area contributed by atoms with E-state index < -0.39 is 0 Å². The van der Waals surface area contributed by atoms with Crippen LogP contribution in [0, 0.1) is 6.92 Å². The number of rotatable bonds is 2. The van der Waals surface area contributed by atoms with Gasteiger partial charge >= 0.3 is 0 Å². The lowest BCUT2D eigenvalue weighted by Crippen LogP contribution is -1.98. The van der Waals surface area contributed by atoms with E-state index in [0.29, 0.717) is 6.54 Å². The molecule has 0 bridgehead atoms. The average Bonchev–Trinajstić information content (AvgIpc) is 2.72. The molecule has 0 aliphatic carbocycles. The molecule has 5 heteroatoms. The molecule has 0 aromatic carbocycles. The number of halogens is 1. The Morgan fingerprint density at radius 3 is 2.86 bits per heavy atom. The molecule has 3 N–H and O–H groups in total. The first-order valence-electron chi connectivity index (χ1n) is 4.22. The number of thiophene rings is 1. The maximum absolute atomic E-state index is 5.86. The lowest BCUT2D eigenvalue weighted by molar-refractivity contribution is 0.942. The zero-order chi connectivity index (χ0) is 10.1. The number of H-pyrrole nitrogens is 1. The summed E-state index contributed by atoms with van der Waals surface area (Å²) in [4.78, 5) is 1.07. The van der Waals surface area contributed by atoms with Gasteiger partial charge in [0.2, 0.25) is 0 Å². The average molecular weight is 228 g/mol. The highest BCUT2D eigenvalue weighted by Gasteiger charge is 2.11. The molecule has 2 heterocycles. The molecule has 2 aromatic heterocycles. The molecule has 0 saturated heterocycles. The number of nitrogens with one attached hydrogen (secondary N) is 1. The zero-order valence-corrected chi connectivity index (χ0v) is 9.25. The SMILES string of the molecule is Cc1c(-c2ccc(Cl)s2)n[nH]c1CN. The van der Waals surface area contributed by atoms with Gasteiger partial charge in [0.1, 0.15) is 5.69 Å². The fourth-order valence-electron chi connectivity index (χ4n) is 1.31. The second kappa shape index (κ2) is 3.73. The molecule has 14 heavy (non-hydrogen) atoms. The van der Waals surface area contributed by atoms with Crippen molar-refractivity contribution in [3.8, 4) is 10.6 Å². The summed E-state index contributed by atoms with van der Waals surface area (Å²) in [7, 11) is 0. The summed E-state index contributed by atoms with van der Waals surface area (Å²) in [5.41, 5.74) is 8.58. The summed E-state index contributed by atoms with van der Waals surface area (Å²) in [6.45, 7) is 2.49. The van der Waals surface area contributed by atoms with E-state index in [1.54, 1.807) is 0 Å². The van der Waals surface area contributed by atoms with Crippen molar-refractivity contribution in [3.63, 3.8) is 0 Å². The Morgan fingerprint density at radius 1 is 1.57 bits per heavy atom. The molecule has 0 aliphatic heterocycles. The number of hydrogen-bond acceptors (Lipinski definition) is 3. The number of hydrogen-bond donors (Lipinski definition) is 2. The minimum Gasteiger partial charge on any atom is -0.325 e. The number of nitrogens with two attached hydrogens (primary N) is 1. The van der Waals surface area contributed by atoms with Crippen LogP contribution >= 0.6 is 22.9 Å². The van der Waals surface area contributed by atoms with Crippen LogP contribution in [0.3, 0.4) is 0 Å². The van der Waals surface area contributed by atoms with E-state index in [0.717, 1.165) is 26.2 Å². The van der Waals surface area contributed by atoms with Gasteiger partial charge in [-0.2, -0.15) is 5.10 Å². The highest BCUT2D eigenvalue weighted by Crippen LogP contribution is 2.32. The Morgan fingerprint density at radius 2 is 2.36 bits per heavy atom. The van der Waals surface area contributed by atoms with Gasteiger partial charge in [0.05, 0.1) is 14.9 Å². The summed E-state index contributed by atoms with van der Waals surface area (Å²) in [6, 6.07) is 3.84. The molecular weight excluding hydrogens is 218 g/mol. The van der Waals surface area contributed by atoms with Crippen molar-refractivity contribution >= 4 is 22.9 Å². The minimum absolute atomic E-state index is 0.484. The molecule has 0 unspecified atom stereocenters. The van der Waals surface area contributed by atoms with E-state index in [1.807, 2.05) is 19.1 Å². The smallest absolute Gasteiger partial charge is 0.105 e. The Labute approximate surface area is 90.9 Å². The topological polar surface area (TPSA) is 54.7 Å². The van der Waals surface area contributed by atoms with Crippen LogP contribution in [-0.4, -0.2) is 10.2 Å². The third-order valence-corrected chi connectivity index (χ3v) is 3.36. The standard InChI is InChI=1S/C9H10ClN3S/c1-5-6(4-11)12-13-9(5)7-2-3-8(10)14-7/h2-3H,4,11H2,1H3,(H,12,13). The van der Waals surface area contributed by atoms with Gasteiger partial charge in [0.25, 0.3) is 0 Å². The molecule has 74 valence electrons. The van der Waals surface area contributed by atoms with Gasteiger partial charge < -0.3 is 5.73 Å². The van der Waals surface area contributed by atoms with E-state index in [4.69, 9.17) is 17.3 Å². The Hall–Kier alpha value is -0.840. The molecule has 2 rings (SSSR count). The maximum atomic E-state index is 5.86. The first-order valence-corrected chi connectivity index (χ1v) is 5.41. The van der Waals surface area contributed by atoms with E-state index in [9.17, 15) is 0 Å². The highest BCUT2D eigenvalue weighted by molar-refractivity contribution is 7.19. The van der Waals surface area contributed by atoms with E-state index in [-0.39, 0.29) is 0 Å². The molecular formula is C9H10ClN3S. The molecule has 0 aliphatic rings. The molecule has 0 amide bonds. The van der Waals surface area contributed by atoms with E-state index in [1.165, 1.54) is 11.3 Å². The second-order valence-corrected chi connectivity index (χ2v) is 4.70. The van der Waals surface area contributed by atoms with Crippen molar-refractivity contribution in [1.82, 2.24) is 10.2 Å². The quantitative estimate of drug-likeness (QED) is 0.829. The predicted octanol–water partition coefficient (Wildman–Crippen LogP) is 2.56. The second-order valence-electron chi connectivity index (χ2n) is 2.98. The van der Waals surface area contributed by atoms with E-state index in [2.05, 4.69) is 10.2 Å². The summed E-state index contributed by atoms with van der Waals surface area (Å²) < 4.78 is 0.775. The van der Waals surface area contributed by atoms with Crippen LogP contribution in [0.15, 0.2) is 12.1 Å². The van der Waals surface area contributed by atoms with Crippen molar-refractivity contribution in [1.29, 1.82) is 0 Å². The molecule has 0 spiro atoms. The number of nitrogens with zero attached hydrogens (tertiary/aromatic N) is 1. The van der Waals surface area contributed by atoms with Crippen LogP contribution in [0.2, 0.25) is 4.34 Å². The van der Waals surface area contributed by atoms with Crippen LogP contribution in [0.4, 0.5) is 0 Å². The predicted molar refractivity (Wildman–Crippen MR) is 59.5 cm³/mol. The largest absolute Gasteiger partial charge is 0.325 e. The van der Waals surface area contributed by atoms with Crippen LogP contribution in [0.1, 0.15) is 11.3 Å². The molecule has 0 fully saturated rings. The lowest BCUT2D eigenvalue weighted by atomic mass is 10.2.